The number of piperazine rings is 1. The summed E-state index contributed by atoms with van der Waals surface area (Å²) in [7, 11) is 2.12. The molecule has 0 saturated carbocycles. The molecule has 2 heterocycles. The fourth-order valence-electron chi connectivity index (χ4n) is 2.68. The molecular formula is C14H18BrN3. The summed E-state index contributed by atoms with van der Waals surface area (Å²) < 4.78 is 3.38. The zero-order valence-electron chi connectivity index (χ0n) is 10.6. The smallest absolute Gasteiger partial charge is 0.0481 e. The van der Waals surface area contributed by atoms with Crippen molar-refractivity contribution in [2.24, 2.45) is 7.05 Å². The van der Waals surface area contributed by atoms with Crippen LogP contribution < -0.4 is 5.32 Å². The lowest BCUT2D eigenvalue weighted by molar-refractivity contribution is 0.234. The van der Waals surface area contributed by atoms with Crippen LogP contribution in [-0.4, -0.2) is 35.6 Å². The van der Waals surface area contributed by atoms with Gasteiger partial charge in [0.25, 0.3) is 0 Å². The minimum atomic E-state index is 1.05. The van der Waals surface area contributed by atoms with Gasteiger partial charge in [-0.05, 0) is 23.8 Å². The van der Waals surface area contributed by atoms with Gasteiger partial charge in [0.1, 0.15) is 0 Å². The Balaban J connectivity index is 1.93. The molecule has 0 amide bonds. The number of fused-ring (bicyclic) bond motifs is 1. The highest BCUT2D eigenvalue weighted by molar-refractivity contribution is 9.10. The Morgan fingerprint density at radius 3 is 2.83 bits per heavy atom. The van der Waals surface area contributed by atoms with Gasteiger partial charge in [-0.15, -0.1) is 0 Å². The van der Waals surface area contributed by atoms with Crippen molar-refractivity contribution < 1.29 is 0 Å². The van der Waals surface area contributed by atoms with Crippen molar-refractivity contribution in [1.29, 1.82) is 0 Å². The second kappa shape index (κ2) is 5.03. The maximum atomic E-state index is 3.57. The van der Waals surface area contributed by atoms with E-state index in [-0.39, 0.29) is 0 Å². The third kappa shape index (κ3) is 2.32. The standard InChI is InChI=1S/C14H18BrN3/c1-17-9-11(10-18-6-4-16-5-7-18)13-8-12(15)2-3-14(13)17/h2-3,8-9,16H,4-7,10H2,1H3. The first-order valence-corrected chi connectivity index (χ1v) is 7.20. The lowest BCUT2D eigenvalue weighted by atomic mass is 10.1. The second-order valence-electron chi connectivity index (χ2n) is 4.95. The van der Waals surface area contributed by atoms with Crippen LogP contribution in [-0.2, 0) is 13.6 Å². The van der Waals surface area contributed by atoms with Crippen LogP contribution >= 0.6 is 15.9 Å². The van der Waals surface area contributed by atoms with E-state index in [4.69, 9.17) is 0 Å². The predicted octanol–water partition coefficient (Wildman–Crippen LogP) is 2.35. The van der Waals surface area contributed by atoms with Gasteiger partial charge in [-0.1, -0.05) is 15.9 Å². The Kier molecular flexibility index (Phi) is 3.41. The normalized spacial score (nSPS) is 17.4. The van der Waals surface area contributed by atoms with E-state index in [1.165, 1.54) is 16.5 Å². The van der Waals surface area contributed by atoms with E-state index in [0.29, 0.717) is 0 Å². The van der Waals surface area contributed by atoms with Crippen molar-refractivity contribution >= 4 is 26.8 Å². The zero-order valence-corrected chi connectivity index (χ0v) is 12.2. The fourth-order valence-corrected chi connectivity index (χ4v) is 3.04. The molecule has 4 heteroatoms. The Hall–Kier alpha value is -0.840. The molecule has 1 aliphatic rings. The fraction of sp³-hybridized carbons (Fsp3) is 0.429. The predicted molar refractivity (Wildman–Crippen MR) is 78.8 cm³/mol. The van der Waals surface area contributed by atoms with Crippen molar-refractivity contribution in [1.82, 2.24) is 14.8 Å². The summed E-state index contributed by atoms with van der Waals surface area (Å²) in [5.74, 6) is 0. The zero-order chi connectivity index (χ0) is 12.5. The molecule has 3 rings (SSSR count). The lowest BCUT2D eigenvalue weighted by Gasteiger charge is -2.26. The third-order valence-electron chi connectivity index (χ3n) is 3.64. The molecule has 1 aliphatic heterocycles. The first-order valence-electron chi connectivity index (χ1n) is 6.40. The van der Waals surface area contributed by atoms with Crippen LogP contribution in [0.4, 0.5) is 0 Å². The summed E-state index contributed by atoms with van der Waals surface area (Å²) in [6.45, 7) is 5.55. The van der Waals surface area contributed by atoms with Crippen molar-refractivity contribution in [3.63, 3.8) is 0 Å². The number of nitrogens with one attached hydrogen (secondary N) is 1. The Labute approximate surface area is 116 Å². The van der Waals surface area contributed by atoms with E-state index < -0.39 is 0 Å². The van der Waals surface area contributed by atoms with E-state index in [0.717, 1.165) is 37.2 Å². The molecule has 0 radical (unpaired) electrons. The topological polar surface area (TPSA) is 20.2 Å². The first-order chi connectivity index (χ1) is 8.74. The third-order valence-corrected chi connectivity index (χ3v) is 4.13. The molecular weight excluding hydrogens is 290 g/mol. The van der Waals surface area contributed by atoms with Gasteiger partial charge in [-0.25, -0.2) is 0 Å². The van der Waals surface area contributed by atoms with Gasteiger partial charge in [0, 0.05) is 61.3 Å². The minimum absolute atomic E-state index is 1.05. The van der Waals surface area contributed by atoms with Crippen LogP contribution in [0.2, 0.25) is 0 Å². The summed E-state index contributed by atoms with van der Waals surface area (Å²) in [4.78, 5) is 2.52. The molecule has 96 valence electrons. The van der Waals surface area contributed by atoms with Crippen LogP contribution in [0.1, 0.15) is 5.56 Å². The van der Waals surface area contributed by atoms with Crippen LogP contribution in [0.25, 0.3) is 10.9 Å². The second-order valence-corrected chi connectivity index (χ2v) is 5.87. The van der Waals surface area contributed by atoms with E-state index >= 15 is 0 Å². The summed E-state index contributed by atoms with van der Waals surface area (Å²) in [5, 5.41) is 4.76. The molecule has 0 unspecified atom stereocenters. The molecule has 1 saturated heterocycles. The largest absolute Gasteiger partial charge is 0.350 e. The van der Waals surface area contributed by atoms with Crippen molar-refractivity contribution in [3.8, 4) is 0 Å². The lowest BCUT2D eigenvalue weighted by Crippen LogP contribution is -2.42. The van der Waals surface area contributed by atoms with Gasteiger partial charge in [0.05, 0.1) is 0 Å². The summed E-state index contributed by atoms with van der Waals surface area (Å²) in [5.41, 5.74) is 2.74. The average molecular weight is 308 g/mol. The van der Waals surface area contributed by atoms with Crippen LogP contribution in [0.3, 0.4) is 0 Å². The maximum absolute atomic E-state index is 3.57. The highest BCUT2D eigenvalue weighted by atomic mass is 79.9. The van der Waals surface area contributed by atoms with Crippen molar-refractivity contribution in [3.05, 3.63) is 34.4 Å². The van der Waals surface area contributed by atoms with E-state index in [9.17, 15) is 0 Å². The molecule has 1 aromatic carbocycles. The van der Waals surface area contributed by atoms with Gasteiger partial charge < -0.3 is 9.88 Å². The Morgan fingerprint density at radius 2 is 2.06 bits per heavy atom. The molecule has 18 heavy (non-hydrogen) atoms. The van der Waals surface area contributed by atoms with E-state index in [1.807, 2.05) is 0 Å². The maximum Gasteiger partial charge on any atom is 0.0481 e. The number of aromatic nitrogens is 1. The van der Waals surface area contributed by atoms with Gasteiger partial charge >= 0.3 is 0 Å². The van der Waals surface area contributed by atoms with Crippen molar-refractivity contribution in [2.45, 2.75) is 6.54 Å². The van der Waals surface area contributed by atoms with Crippen LogP contribution in [0.15, 0.2) is 28.9 Å². The molecule has 1 fully saturated rings. The minimum Gasteiger partial charge on any atom is -0.350 e. The van der Waals surface area contributed by atoms with Crippen molar-refractivity contribution in [2.75, 3.05) is 26.2 Å². The van der Waals surface area contributed by atoms with E-state index in [1.54, 1.807) is 0 Å². The number of aryl methyl sites for hydroxylation is 1. The van der Waals surface area contributed by atoms with Gasteiger partial charge in [0.2, 0.25) is 0 Å². The number of hydrogen-bond acceptors (Lipinski definition) is 2. The van der Waals surface area contributed by atoms with Gasteiger partial charge in [-0.2, -0.15) is 0 Å². The molecule has 0 spiro atoms. The molecule has 0 aliphatic carbocycles. The highest BCUT2D eigenvalue weighted by Crippen LogP contribution is 2.25. The Morgan fingerprint density at radius 1 is 1.28 bits per heavy atom. The number of halogens is 1. The Bertz CT molecular complexity index is 555. The van der Waals surface area contributed by atoms with Crippen LogP contribution in [0.5, 0.6) is 0 Å². The monoisotopic (exact) mass is 307 g/mol. The molecule has 2 aromatic rings. The molecule has 0 bridgehead atoms. The average Bonchev–Trinajstić information content (AvgIpc) is 2.67. The summed E-state index contributed by atoms with van der Waals surface area (Å²) in [6, 6.07) is 6.52. The van der Waals surface area contributed by atoms with Crippen LogP contribution in [0, 0.1) is 0 Å². The molecule has 3 nitrogen and oxygen atoms in total. The van der Waals surface area contributed by atoms with E-state index in [2.05, 4.69) is 62.2 Å². The molecule has 1 N–H and O–H groups in total. The number of hydrogen-bond donors (Lipinski definition) is 1. The number of nitrogens with zero attached hydrogens (tertiary/aromatic N) is 2. The quantitative estimate of drug-likeness (QED) is 0.919. The molecule has 0 atom stereocenters. The number of benzene rings is 1. The highest BCUT2D eigenvalue weighted by Gasteiger charge is 2.13. The summed E-state index contributed by atoms with van der Waals surface area (Å²) >= 11 is 3.57. The summed E-state index contributed by atoms with van der Waals surface area (Å²) in [6.07, 6.45) is 2.26. The van der Waals surface area contributed by atoms with Gasteiger partial charge in [-0.3, -0.25) is 4.90 Å². The number of rotatable bonds is 2. The molecule has 1 aromatic heterocycles. The SMILES string of the molecule is Cn1cc(CN2CCNCC2)c2cc(Br)ccc21. The van der Waals surface area contributed by atoms with Gasteiger partial charge in [0.15, 0.2) is 0 Å². The first kappa shape index (κ1) is 12.2.